The highest BCUT2D eigenvalue weighted by Crippen LogP contribution is 2.23. The van der Waals surface area contributed by atoms with Crippen LogP contribution in [0.2, 0.25) is 0 Å². The first-order valence-corrected chi connectivity index (χ1v) is 7.94. The Morgan fingerprint density at radius 2 is 2.45 bits per heavy atom. The normalized spacial score (nSPS) is 24.3. The Bertz CT molecular complexity index is 650. The Balaban J connectivity index is 1.77. The van der Waals surface area contributed by atoms with Crippen molar-refractivity contribution in [1.82, 2.24) is 14.9 Å². The Morgan fingerprint density at radius 1 is 1.60 bits per heavy atom. The average molecular weight is 292 g/mol. The molecule has 2 aromatic heterocycles. The van der Waals surface area contributed by atoms with Crippen LogP contribution >= 0.6 is 11.3 Å². The van der Waals surface area contributed by atoms with Gasteiger partial charge in [0.05, 0.1) is 12.1 Å². The van der Waals surface area contributed by atoms with E-state index in [-0.39, 0.29) is 5.56 Å². The lowest BCUT2D eigenvalue weighted by atomic mass is 9.87. The van der Waals surface area contributed by atoms with Crippen molar-refractivity contribution in [3.63, 3.8) is 0 Å². The molecule has 0 aliphatic carbocycles. The fourth-order valence-electron chi connectivity index (χ4n) is 2.88. The largest absolute Gasteiger partial charge is 0.330 e. The number of hydrogen-bond acceptors (Lipinski definition) is 5. The number of nitrogens with one attached hydrogen (secondary N) is 1. The molecule has 3 rings (SSSR count). The van der Waals surface area contributed by atoms with Crippen LogP contribution in [0.1, 0.15) is 19.2 Å². The quantitative estimate of drug-likeness (QED) is 0.896. The number of nitrogens with zero attached hydrogens (tertiary/aromatic N) is 2. The van der Waals surface area contributed by atoms with Gasteiger partial charge in [0.25, 0.3) is 5.56 Å². The molecule has 0 aromatic carbocycles. The number of nitrogens with two attached hydrogens (primary N) is 1. The number of aromatic nitrogens is 2. The van der Waals surface area contributed by atoms with E-state index in [0.29, 0.717) is 23.1 Å². The van der Waals surface area contributed by atoms with Gasteiger partial charge in [0.15, 0.2) is 0 Å². The first kappa shape index (κ1) is 13.7. The molecule has 0 amide bonds. The summed E-state index contributed by atoms with van der Waals surface area (Å²) in [5.74, 6) is 1.98. The third-order valence-electron chi connectivity index (χ3n) is 4.24. The summed E-state index contributed by atoms with van der Waals surface area (Å²) in [6.07, 6.45) is 1.16. The smallest absolute Gasteiger partial charge is 0.268 e. The van der Waals surface area contributed by atoms with E-state index in [2.05, 4.69) is 21.8 Å². The number of rotatable bonds is 3. The SMILES string of the molecule is CC1CCN(Cc2nc3ccsc3c(=O)[nH]2)CC1CN. The molecule has 20 heavy (non-hydrogen) atoms. The molecule has 108 valence electrons. The molecule has 2 unspecified atom stereocenters. The molecule has 0 bridgehead atoms. The van der Waals surface area contributed by atoms with Gasteiger partial charge < -0.3 is 10.7 Å². The zero-order chi connectivity index (χ0) is 14.1. The second-order valence-electron chi connectivity index (χ2n) is 5.64. The van der Waals surface area contributed by atoms with E-state index in [0.717, 1.165) is 37.4 Å². The lowest BCUT2D eigenvalue weighted by molar-refractivity contribution is 0.123. The van der Waals surface area contributed by atoms with Crippen LogP contribution in [0.25, 0.3) is 10.2 Å². The monoisotopic (exact) mass is 292 g/mol. The van der Waals surface area contributed by atoms with Gasteiger partial charge in [0, 0.05) is 6.54 Å². The molecule has 1 aliphatic rings. The number of piperidine rings is 1. The van der Waals surface area contributed by atoms with Crippen LogP contribution in [-0.2, 0) is 6.54 Å². The summed E-state index contributed by atoms with van der Waals surface area (Å²) in [5, 5.41) is 1.91. The minimum atomic E-state index is -0.0271. The lowest BCUT2D eigenvalue weighted by Crippen LogP contribution is -2.42. The van der Waals surface area contributed by atoms with Crippen molar-refractivity contribution in [3.05, 3.63) is 27.6 Å². The summed E-state index contributed by atoms with van der Waals surface area (Å²) < 4.78 is 0.709. The average Bonchev–Trinajstić information content (AvgIpc) is 2.90. The summed E-state index contributed by atoms with van der Waals surface area (Å²) >= 11 is 1.44. The molecule has 2 aromatic rings. The predicted molar refractivity (Wildman–Crippen MR) is 81.8 cm³/mol. The van der Waals surface area contributed by atoms with E-state index >= 15 is 0 Å². The number of aromatic amines is 1. The molecule has 1 saturated heterocycles. The van der Waals surface area contributed by atoms with Crippen molar-refractivity contribution < 1.29 is 0 Å². The molecule has 3 N–H and O–H groups in total. The zero-order valence-electron chi connectivity index (χ0n) is 11.6. The molecule has 0 radical (unpaired) electrons. The van der Waals surface area contributed by atoms with E-state index in [9.17, 15) is 4.79 Å². The van der Waals surface area contributed by atoms with E-state index in [1.54, 1.807) is 0 Å². The first-order chi connectivity index (χ1) is 9.67. The fraction of sp³-hybridized carbons (Fsp3) is 0.571. The number of hydrogen-bond donors (Lipinski definition) is 2. The van der Waals surface area contributed by atoms with Crippen LogP contribution in [0, 0.1) is 11.8 Å². The van der Waals surface area contributed by atoms with Crippen LogP contribution < -0.4 is 11.3 Å². The highest BCUT2D eigenvalue weighted by atomic mass is 32.1. The summed E-state index contributed by atoms with van der Waals surface area (Å²) in [6.45, 7) is 5.73. The van der Waals surface area contributed by atoms with Crippen LogP contribution in [0.5, 0.6) is 0 Å². The Hall–Kier alpha value is -1.24. The van der Waals surface area contributed by atoms with Gasteiger partial charge in [-0.05, 0) is 42.8 Å². The van der Waals surface area contributed by atoms with E-state index < -0.39 is 0 Å². The van der Waals surface area contributed by atoms with Gasteiger partial charge in [0.1, 0.15) is 10.5 Å². The van der Waals surface area contributed by atoms with Gasteiger partial charge in [0.2, 0.25) is 0 Å². The summed E-state index contributed by atoms with van der Waals surface area (Å²) in [7, 11) is 0. The maximum Gasteiger partial charge on any atom is 0.268 e. The van der Waals surface area contributed by atoms with Gasteiger partial charge in [-0.2, -0.15) is 0 Å². The van der Waals surface area contributed by atoms with Crippen LogP contribution in [-0.4, -0.2) is 34.5 Å². The van der Waals surface area contributed by atoms with Crippen molar-refractivity contribution in [2.45, 2.75) is 19.9 Å². The van der Waals surface area contributed by atoms with Crippen molar-refractivity contribution >= 4 is 21.6 Å². The van der Waals surface area contributed by atoms with E-state index in [1.165, 1.54) is 11.3 Å². The van der Waals surface area contributed by atoms with E-state index in [1.807, 2.05) is 11.4 Å². The maximum absolute atomic E-state index is 12.0. The van der Waals surface area contributed by atoms with Crippen LogP contribution in [0.3, 0.4) is 0 Å². The van der Waals surface area contributed by atoms with Gasteiger partial charge in [-0.25, -0.2) is 4.98 Å². The van der Waals surface area contributed by atoms with Crippen molar-refractivity contribution in [2.75, 3.05) is 19.6 Å². The molecule has 2 atom stereocenters. The molecular formula is C14H20N4OS. The third-order valence-corrected chi connectivity index (χ3v) is 5.14. The van der Waals surface area contributed by atoms with Crippen molar-refractivity contribution in [1.29, 1.82) is 0 Å². The molecule has 1 aliphatic heterocycles. The second kappa shape index (κ2) is 5.63. The van der Waals surface area contributed by atoms with Gasteiger partial charge in [-0.15, -0.1) is 11.3 Å². The summed E-state index contributed by atoms with van der Waals surface area (Å²) in [6, 6.07) is 1.90. The zero-order valence-corrected chi connectivity index (χ0v) is 12.4. The Morgan fingerprint density at radius 3 is 3.25 bits per heavy atom. The van der Waals surface area contributed by atoms with Gasteiger partial charge >= 0.3 is 0 Å². The predicted octanol–water partition coefficient (Wildman–Crippen LogP) is 1.40. The molecule has 0 saturated carbocycles. The van der Waals surface area contributed by atoms with Gasteiger partial charge in [-0.1, -0.05) is 6.92 Å². The number of H-pyrrole nitrogens is 1. The molecule has 3 heterocycles. The third kappa shape index (κ3) is 2.63. The first-order valence-electron chi connectivity index (χ1n) is 7.06. The Kier molecular flexibility index (Phi) is 3.87. The molecular weight excluding hydrogens is 272 g/mol. The fourth-order valence-corrected chi connectivity index (χ4v) is 3.61. The molecule has 0 spiro atoms. The van der Waals surface area contributed by atoms with Crippen molar-refractivity contribution in [3.8, 4) is 0 Å². The highest BCUT2D eigenvalue weighted by Gasteiger charge is 2.25. The molecule has 6 heteroatoms. The standard InChI is InChI=1S/C14H20N4OS/c1-9-2-4-18(7-10(9)6-15)8-12-16-11-3-5-20-13(11)14(19)17-12/h3,5,9-10H,2,4,6-8,15H2,1H3,(H,16,17,19). The van der Waals surface area contributed by atoms with Crippen LogP contribution in [0.4, 0.5) is 0 Å². The minimum Gasteiger partial charge on any atom is -0.330 e. The van der Waals surface area contributed by atoms with E-state index in [4.69, 9.17) is 5.73 Å². The van der Waals surface area contributed by atoms with Crippen molar-refractivity contribution in [2.24, 2.45) is 17.6 Å². The summed E-state index contributed by atoms with van der Waals surface area (Å²) in [4.78, 5) is 21.7. The number of fused-ring (bicyclic) bond motifs is 1. The number of likely N-dealkylation sites (tertiary alicyclic amines) is 1. The second-order valence-corrected chi connectivity index (χ2v) is 6.56. The van der Waals surface area contributed by atoms with Crippen LogP contribution in [0.15, 0.2) is 16.2 Å². The topological polar surface area (TPSA) is 75.0 Å². The van der Waals surface area contributed by atoms with Gasteiger partial charge in [-0.3, -0.25) is 9.69 Å². The maximum atomic E-state index is 12.0. The highest BCUT2D eigenvalue weighted by molar-refractivity contribution is 7.17. The minimum absolute atomic E-state index is 0.0271. The Labute approximate surface area is 121 Å². The molecule has 5 nitrogen and oxygen atoms in total. The molecule has 1 fully saturated rings. The lowest BCUT2D eigenvalue weighted by Gasteiger charge is -2.36. The number of thiophene rings is 1. The summed E-state index contributed by atoms with van der Waals surface area (Å²) in [5.41, 5.74) is 6.61.